The maximum absolute atomic E-state index is 11.3. The Bertz CT molecular complexity index is 833. The topological polar surface area (TPSA) is 101 Å². The summed E-state index contributed by atoms with van der Waals surface area (Å²) in [4.78, 5) is 19.7. The number of hydrogen-bond acceptors (Lipinski definition) is 6. The predicted octanol–water partition coefficient (Wildman–Crippen LogP) is 3.10. The number of carboxylic acid groups (broad SMARTS) is 1. The third-order valence-corrected chi connectivity index (χ3v) is 4.21. The fraction of sp³-hybridized carbons (Fsp3) is 0.0625. The number of nitrogen functional groups attached to an aromatic ring is 1. The lowest BCUT2D eigenvalue weighted by atomic mass is 10.1. The molecule has 4 N–H and O–H groups in total. The lowest BCUT2D eigenvalue weighted by molar-refractivity contribution is 0.0696. The van der Waals surface area contributed by atoms with Gasteiger partial charge in [-0.05, 0) is 24.3 Å². The van der Waals surface area contributed by atoms with Gasteiger partial charge in [-0.1, -0.05) is 6.07 Å². The van der Waals surface area contributed by atoms with Crippen LogP contribution < -0.4 is 11.1 Å². The molecule has 0 aliphatic carbocycles. The van der Waals surface area contributed by atoms with Crippen molar-refractivity contribution in [2.75, 3.05) is 11.1 Å². The number of aromatic nitrogens is 2. The Kier molecular flexibility index (Phi) is 4.20. The fourth-order valence-electron chi connectivity index (χ4n) is 2.16. The van der Waals surface area contributed by atoms with Crippen molar-refractivity contribution < 1.29 is 9.90 Å². The average Bonchev–Trinajstić information content (AvgIpc) is 3.03. The van der Waals surface area contributed by atoms with E-state index in [0.717, 1.165) is 10.6 Å². The number of thiazole rings is 1. The quantitative estimate of drug-likeness (QED) is 0.623. The van der Waals surface area contributed by atoms with Crippen molar-refractivity contribution in [3.8, 4) is 10.6 Å². The van der Waals surface area contributed by atoms with Gasteiger partial charge in [0.1, 0.15) is 10.8 Å². The summed E-state index contributed by atoms with van der Waals surface area (Å²) >= 11 is 1.50. The van der Waals surface area contributed by atoms with Gasteiger partial charge in [0.15, 0.2) is 0 Å². The minimum Gasteiger partial charge on any atom is -0.478 e. The molecule has 0 saturated heterocycles. The molecule has 0 spiro atoms. The van der Waals surface area contributed by atoms with E-state index in [-0.39, 0.29) is 5.56 Å². The highest BCUT2D eigenvalue weighted by Crippen LogP contribution is 2.26. The SMILES string of the molecule is Nc1cccc(C(=O)O)c1CNc1csc(-c2ccncc2)n1. The number of pyridine rings is 1. The number of nitrogens with two attached hydrogens (primary N) is 1. The highest BCUT2D eigenvalue weighted by Gasteiger charge is 2.13. The monoisotopic (exact) mass is 326 g/mol. The van der Waals surface area contributed by atoms with E-state index in [1.807, 2.05) is 17.5 Å². The summed E-state index contributed by atoms with van der Waals surface area (Å²) in [6.07, 6.45) is 3.43. The maximum Gasteiger partial charge on any atom is 0.336 e. The lowest BCUT2D eigenvalue weighted by Crippen LogP contribution is -2.10. The number of aromatic carboxylic acids is 1. The normalized spacial score (nSPS) is 10.4. The van der Waals surface area contributed by atoms with Gasteiger partial charge < -0.3 is 16.2 Å². The summed E-state index contributed by atoms with van der Waals surface area (Å²) in [6, 6.07) is 8.64. The molecule has 0 bridgehead atoms. The molecule has 3 rings (SSSR count). The van der Waals surface area contributed by atoms with Crippen LogP contribution in [0.2, 0.25) is 0 Å². The number of nitrogens with zero attached hydrogens (tertiary/aromatic N) is 2. The Morgan fingerprint density at radius 1 is 1.26 bits per heavy atom. The van der Waals surface area contributed by atoms with Crippen LogP contribution in [0.15, 0.2) is 48.1 Å². The van der Waals surface area contributed by atoms with Crippen LogP contribution in [0.4, 0.5) is 11.5 Å². The van der Waals surface area contributed by atoms with Gasteiger partial charge in [0.05, 0.1) is 5.56 Å². The molecule has 23 heavy (non-hydrogen) atoms. The van der Waals surface area contributed by atoms with E-state index in [9.17, 15) is 9.90 Å². The molecule has 0 aliphatic rings. The first-order chi connectivity index (χ1) is 11.1. The van der Waals surface area contributed by atoms with Gasteiger partial charge in [-0.15, -0.1) is 11.3 Å². The Balaban J connectivity index is 1.78. The minimum atomic E-state index is -0.996. The van der Waals surface area contributed by atoms with E-state index in [1.54, 1.807) is 30.6 Å². The summed E-state index contributed by atoms with van der Waals surface area (Å²) in [6.45, 7) is 0.299. The van der Waals surface area contributed by atoms with Gasteiger partial charge in [-0.25, -0.2) is 9.78 Å². The third-order valence-electron chi connectivity index (χ3n) is 3.32. The van der Waals surface area contributed by atoms with Crippen molar-refractivity contribution in [2.45, 2.75) is 6.54 Å². The van der Waals surface area contributed by atoms with Crippen molar-refractivity contribution in [1.82, 2.24) is 9.97 Å². The maximum atomic E-state index is 11.3. The van der Waals surface area contributed by atoms with Gasteiger partial charge in [-0.3, -0.25) is 4.98 Å². The fourth-order valence-corrected chi connectivity index (χ4v) is 2.95. The Hall–Kier alpha value is -2.93. The molecule has 7 heteroatoms. The molecule has 0 fully saturated rings. The van der Waals surface area contributed by atoms with Crippen LogP contribution in [-0.2, 0) is 6.54 Å². The van der Waals surface area contributed by atoms with E-state index in [1.165, 1.54) is 11.3 Å². The lowest BCUT2D eigenvalue weighted by Gasteiger charge is -2.10. The van der Waals surface area contributed by atoms with Gasteiger partial charge in [0.2, 0.25) is 0 Å². The molecule has 6 nitrogen and oxygen atoms in total. The second-order valence-corrected chi connectivity index (χ2v) is 5.66. The molecule has 0 atom stereocenters. The second kappa shape index (κ2) is 6.45. The van der Waals surface area contributed by atoms with Gasteiger partial charge in [-0.2, -0.15) is 0 Å². The van der Waals surface area contributed by atoms with Gasteiger partial charge >= 0.3 is 5.97 Å². The van der Waals surface area contributed by atoms with Crippen molar-refractivity contribution in [2.24, 2.45) is 0 Å². The molecule has 2 heterocycles. The van der Waals surface area contributed by atoms with Crippen LogP contribution in [0.3, 0.4) is 0 Å². The standard InChI is InChI=1S/C16H14N4O2S/c17-13-3-1-2-11(16(21)22)12(13)8-19-14-9-23-15(20-14)10-4-6-18-7-5-10/h1-7,9,19H,8,17H2,(H,21,22). The van der Waals surface area contributed by atoms with E-state index in [2.05, 4.69) is 15.3 Å². The molecule has 3 aromatic rings. The van der Waals surface area contributed by atoms with Gasteiger partial charge in [0, 0.05) is 41.1 Å². The van der Waals surface area contributed by atoms with Crippen LogP contribution in [0.5, 0.6) is 0 Å². The van der Waals surface area contributed by atoms with Crippen LogP contribution in [0.1, 0.15) is 15.9 Å². The number of nitrogens with one attached hydrogen (secondary N) is 1. The summed E-state index contributed by atoms with van der Waals surface area (Å²) in [7, 11) is 0. The largest absolute Gasteiger partial charge is 0.478 e. The average molecular weight is 326 g/mol. The molecule has 0 aliphatic heterocycles. The van der Waals surface area contributed by atoms with E-state index in [4.69, 9.17) is 5.73 Å². The Labute approximate surface area is 136 Å². The third kappa shape index (κ3) is 3.29. The predicted molar refractivity (Wildman–Crippen MR) is 90.5 cm³/mol. The Morgan fingerprint density at radius 2 is 2.04 bits per heavy atom. The first kappa shape index (κ1) is 15.0. The van der Waals surface area contributed by atoms with Crippen molar-refractivity contribution >= 4 is 28.8 Å². The number of anilines is 2. The molecule has 0 saturated carbocycles. The van der Waals surface area contributed by atoms with E-state index >= 15 is 0 Å². The second-order valence-electron chi connectivity index (χ2n) is 4.81. The van der Waals surface area contributed by atoms with Crippen LogP contribution in [-0.4, -0.2) is 21.0 Å². The van der Waals surface area contributed by atoms with Crippen LogP contribution >= 0.6 is 11.3 Å². The number of hydrogen-bond donors (Lipinski definition) is 3. The summed E-state index contributed by atoms with van der Waals surface area (Å²) in [5, 5.41) is 15.1. The zero-order valence-electron chi connectivity index (χ0n) is 12.1. The van der Waals surface area contributed by atoms with Crippen LogP contribution in [0, 0.1) is 0 Å². The molecule has 0 amide bonds. The Morgan fingerprint density at radius 3 is 2.78 bits per heavy atom. The van der Waals surface area contributed by atoms with Crippen LogP contribution in [0.25, 0.3) is 10.6 Å². The summed E-state index contributed by atoms with van der Waals surface area (Å²) < 4.78 is 0. The van der Waals surface area contributed by atoms with E-state index in [0.29, 0.717) is 23.6 Å². The highest BCUT2D eigenvalue weighted by molar-refractivity contribution is 7.13. The molecule has 2 aromatic heterocycles. The first-order valence-electron chi connectivity index (χ1n) is 6.85. The molecule has 0 radical (unpaired) electrons. The number of carboxylic acids is 1. The van der Waals surface area contributed by atoms with Crippen molar-refractivity contribution in [3.63, 3.8) is 0 Å². The number of rotatable bonds is 5. The van der Waals surface area contributed by atoms with Gasteiger partial charge in [0.25, 0.3) is 0 Å². The number of carbonyl (C=O) groups is 1. The number of benzene rings is 1. The summed E-state index contributed by atoms with van der Waals surface area (Å²) in [5.41, 5.74) is 8.08. The zero-order chi connectivity index (χ0) is 16.2. The molecule has 116 valence electrons. The molecular weight excluding hydrogens is 312 g/mol. The minimum absolute atomic E-state index is 0.196. The molecular formula is C16H14N4O2S. The summed E-state index contributed by atoms with van der Waals surface area (Å²) in [5.74, 6) is -0.314. The first-order valence-corrected chi connectivity index (χ1v) is 7.73. The zero-order valence-corrected chi connectivity index (χ0v) is 12.9. The smallest absolute Gasteiger partial charge is 0.336 e. The van der Waals surface area contributed by atoms with E-state index < -0.39 is 5.97 Å². The van der Waals surface area contributed by atoms with Crippen molar-refractivity contribution in [1.29, 1.82) is 0 Å². The molecule has 1 aromatic carbocycles. The van der Waals surface area contributed by atoms with Crippen molar-refractivity contribution in [3.05, 3.63) is 59.2 Å². The highest BCUT2D eigenvalue weighted by atomic mass is 32.1. The molecule has 0 unspecified atom stereocenters.